The minimum Gasteiger partial charge on any atom is -0.479 e. The van der Waals surface area contributed by atoms with Gasteiger partial charge in [-0.05, 0) is 60.8 Å². The number of hydrogen-bond donors (Lipinski definition) is 9. The molecule has 26 heteroatoms. The van der Waals surface area contributed by atoms with Gasteiger partial charge in [0.2, 0.25) is 41.7 Å². The van der Waals surface area contributed by atoms with Gasteiger partial charge in [-0.3, -0.25) is 33.7 Å². The van der Waals surface area contributed by atoms with Gasteiger partial charge in [-0.1, -0.05) is 107 Å². The van der Waals surface area contributed by atoms with E-state index in [1.54, 1.807) is 65.6 Å². The van der Waals surface area contributed by atoms with Crippen LogP contribution in [0.4, 0.5) is 10.5 Å². The van der Waals surface area contributed by atoms with E-state index in [0.717, 1.165) is 4.90 Å². The minimum atomic E-state index is -2.00. The fourth-order valence-corrected chi connectivity index (χ4v) is 10.9. The molecule has 0 bridgehead atoms. The zero-order valence-electron chi connectivity index (χ0n) is 50.1. The summed E-state index contributed by atoms with van der Waals surface area (Å²) in [6.07, 6.45) is -11.6. The van der Waals surface area contributed by atoms with Crippen molar-refractivity contribution in [3.05, 3.63) is 59.7 Å². The van der Waals surface area contributed by atoms with Gasteiger partial charge < -0.3 is 80.3 Å². The first-order chi connectivity index (χ1) is 39.6. The lowest BCUT2D eigenvalue weighted by molar-refractivity contribution is -0.271. The van der Waals surface area contributed by atoms with Gasteiger partial charge in [0.1, 0.15) is 42.8 Å². The molecule has 2 fully saturated rings. The topological polar surface area (TPSA) is 342 Å². The number of carbonyl (C=O) groups is 8. The highest BCUT2D eigenvalue weighted by Crippen LogP contribution is 2.33. The summed E-state index contributed by atoms with van der Waals surface area (Å²) in [6, 6.07) is 9.05. The molecule has 4 rings (SSSR count). The number of likely N-dealkylation sites (N-methyl/N-ethyl adjacent to an activating group) is 2. The molecule has 2 heterocycles. The molecule has 7 amide bonds. The Morgan fingerprint density at radius 2 is 1.50 bits per heavy atom. The number of aliphatic carboxylic acids is 1. The molecule has 2 aliphatic rings. The van der Waals surface area contributed by atoms with E-state index in [1.807, 2.05) is 32.0 Å². The third-order valence-electron chi connectivity index (χ3n) is 15.6. The average Bonchev–Trinajstić information content (AvgIpc) is 2.90. The highest BCUT2D eigenvalue weighted by Gasteiger charge is 2.49. The number of carboxylic acid groups (broad SMARTS) is 1. The molecule has 2 aliphatic heterocycles. The Kier molecular flexibility index (Phi) is 27.7. The minimum absolute atomic E-state index is 0.00202. The molecule has 0 spiro atoms. The van der Waals surface area contributed by atoms with Gasteiger partial charge in [-0.15, -0.1) is 0 Å². The number of nitrogens with zero attached hydrogens (tertiary/aromatic N) is 3. The van der Waals surface area contributed by atoms with Gasteiger partial charge in [0.05, 0.1) is 59.8 Å². The van der Waals surface area contributed by atoms with Crippen molar-refractivity contribution < 1.29 is 87.6 Å². The first-order valence-electron chi connectivity index (χ1n) is 28.3. The van der Waals surface area contributed by atoms with Crippen LogP contribution >= 0.6 is 15.9 Å². The predicted octanol–water partition coefficient (Wildman–Crippen LogP) is 2.69. The third-order valence-corrected chi connectivity index (χ3v) is 16.1. The van der Waals surface area contributed by atoms with Crippen molar-refractivity contribution in [3.63, 3.8) is 0 Å². The highest BCUT2D eigenvalue weighted by molar-refractivity contribution is 9.09. The number of benzene rings is 2. The van der Waals surface area contributed by atoms with Crippen LogP contribution in [0.5, 0.6) is 5.75 Å². The summed E-state index contributed by atoms with van der Waals surface area (Å²) in [5, 5.41) is 62.6. The number of halogens is 1. The molecular weight excluding hydrogens is 1160 g/mol. The molecule has 0 aromatic heterocycles. The number of ether oxygens (including phenoxy) is 5. The van der Waals surface area contributed by atoms with Crippen LogP contribution in [0.1, 0.15) is 105 Å². The number of nitrogens with one attached hydrogen (secondary N) is 4. The molecular formula is C58H88BrN7O18. The Labute approximate surface area is 499 Å². The molecule has 2 aromatic rings. The van der Waals surface area contributed by atoms with E-state index in [0.29, 0.717) is 31.4 Å². The van der Waals surface area contributed by atoms with Crippen molar-refractivity contribution >= 4 is 69.1 Å². The monoisotopic (exact) mass is 1250 g/mol. The smallest absolute Gasteiger partial charge is 0.410 e. The van der Waals surface area contributed by atoms with Gasteiger partial charge in [0, 0.05) is 47.8 Å². The van der Waals surface area contributed by atoms with Gasteiger partial charge in [0.15, 0.2) is 6.10 Å². The van der Waals surface area contributed by atoms with Crippen LogP contribution in [0.15, 0.2) is 48.5 Å². The fraction of sp³-hybridized carbons (Fsp3) is 0.655. The van der Waals surface area contributed by atoms with Crippen LogP contribution in [0.25, 0.3) is 0 Å². The predicted molar refractivity (Wildman–Crippen MR) is 310 cm³/mol. The van der Waals surface area contributed by atoms with Crippen molar-refractivity contribution in [3.8, 4) is 5.75 Å². The van der Waals surface area contributed by atoms with E-state index >= 15 is 0 Å². The second-order valence-corrected chi connectivity index (χ2v) is 22.9. The fourth-order valence-electron chi connectivity index (χ4n) is 10.7. The summed E-state index contributed by atoms with van der Waals surface area (Å²) in [6.45, 7) is 14.2. The number of likely N-dealkylation sites (tertiary alicyclic amines) is 1. The second kappa shape index (κ2) is 33.1. The number of aliphatic hydroxyl groups excluding tert-OH is 4. The second-order valence-electron chi connectivity index (χ2n) is 22.3. The maximum Gasteiger partial charge on any atom is 0.410 e. The Bertz CT molecular complexity index is 2530. The molecule has 2 saturated heterocycles. The molecule has 15 atom stereocenters. The van der Waals surface area contributed by atoms with Crippen LogP contribution in [0, 0.1) is 23.7 Å². The van der Waals surface area contributed by atoms with Crippen molar-refractivity contribution in [2.24, 2.45) is 23.7 Å². The molecule has 9 N–H and O–H groups in total. The van der Waals surface area contributed by atoms with E-state index in [1.165, 1.54) is 44.4 Å². The Hall–Kier alpha value is -6.00. The molecule has 25 nitrogen and oxygen atoms in total. The van der Waals surface area contributed by atoms with Gasteiger partial charge in [0.25, 0.3) is 0 Å². The van der Waals surface area contributed by atoms with Crippen LogP contribution in [-0.4, -0.2) is 208 Å². The van der Waals surface area contributed by atoms with E-state index in [4.69, 9.17) is 23.7 Å². The largest absolute Gasteiger partial charge is 0.479 e. The number of amides is 7. The Balaban J connectivity index is 1.48. The summed E-state index contributed by atoms with van der Waals surface area (Å²) in [5.41, 5.74) is 0.842. The number of hydrogen-bond acceptors (Lipinski definition) is 17. The molecule has 12 unspecified atom stereocenters. The Morgan fingerprint density at radius 1 is 0.833 bits per heavy atom. The lowest BCUT2D eigenvalue weighted by atomic mass is 9.89. The summed E-state index contributed by atoms with van der Waals surface area (Å²) < 4.78 is 28.7. The van der Waals surface area contributed by atoms with Gasteiger partial charge >= 0.3 is 12.1 Å². The number of aliphatic hydroxyl groups is 4. The van der Waals surface area contributed by atoms with Crippen molar-refractivity contribution in [1.29, 1.82) is 0 Å². The van der Waals surface area contributed by atoms with Crippen LogP contribution in [0.2, 0.25) is 0 Å². The summed E-state index contributed by atoms with van der Waals surface area (Å²) in [4.78, 5) is 112. The van der Waals surface area contributed by atoms with Crippen molar-refractivity contribution in [1.82, 2.24) is 30.7 Å². The molecule has 0 radical (unpaired) electrons. The first kappa shape index (κ1) is 70.5. The lowest BCUT2D eigenvalue weighted by Gasteiger charge is -2.41. The summed E-state index contributed by atoms with van der Waals surface area (Å²) in [5.74, 6) is -6.44. The van der Waals surface area contributed by atoms with E-state index in [9.17, 15) is 63.9 Å². The molecule has 2 aromatic carbocycles. The van der Waals surface area contributed by atoms with E-state index < -0.39 is 133 Å². The Morgan fingerprint density at radius 3 is 2.08 bits per heavy atom. The maximum atomic E-state index is 14.8. The lowest BCUT2D eigenvalue weighted by Crippen LogP contribution is -2.61. The summed E-state index contributed by atoms with van der Waals surface area (Å²) >= 11 is 3.02. The van der Waals surface area contributed by atoms with Crippen LogP contribution in [-0.2, 0) is 59.1 Å². The molecule has 0 aliphatic carbocycles. The van der Waals surface area contributed by atoms with Crippen LogP contribution < -0.4 is 26.0 Å². The van der Waals surface area contributed by atoms with Crippen LogP contribution in [0.3, 0.4) is 0 Å². The zero-order valence-corrected chi connectivity index (χ0v) is 51.6. The van der Waals surface area contributed by atoms with E-state index in [-0.39, 0.29) is 65.4 Å². The number of carbonyl (C=O) groups excluding carboxylic acids is 7. The maximum absolute atomic E-state index is 14.8. The summed E-state index contributed by atoms with van der Waals surface area (Å²) in [7, 11) is 5.95. The number of rotatable bonds is 30. The van der Waals surface area contributed by atoms with Gasteiger partial charge in [-0.25, -0.2) is 9.59 Å². The van der Waals surface area contributed by atoms with E-state index in [2.05, 4.69) is 37.2 Å². The number of carboxylic acids is 1. The molecule has 84 heavy (non-hydrogen) atoms. The quantitative estimate of drug-likeness (QED) is 0.0508. The first-order valence-corrected chi connectivity index (χ1v) is 29.5. The van der Waals surface area contributed by atoms with Gasteiger partial charge in [-0.2, -0.15) is 0 Å². The average molecular weight is 1250 g/mol. The number of alkyl halides is 1. The molecule has 470 valence electrons. The SMILES string of the molecule is CCC(C)C(C(CC(=O)N1CCCC1C(OC)C(C)C(=O)NC(C)C(O)c1ccccc1)OC)N(C)C(=O)[C@@H](NC(=O)C(C(C)C)N(C)C(=O)OCc1ccc(OC2OC(C(=O)O)[C@@H](O)C(O)[C@H]2O)c(NC(=O)CCNC(=O)CBr)c1)C(C)C. The number of methoxy groups -OCH3 is 2. The highest BCUT2D eigenvalue weighted by atomic mass is 79.9. The van der Waals surface area contributed by atoms with Crippen molar-refractivity contribution in [2.45, 2.75) is 173 Å². The normalized spacial score (nSPS) is 22.0. The third kappa shape index (κ3) is 18.5. The molecule has 0 saturated carbocycles. The van der Waals surface area contributed by atoms with Crippen molar-refractivity contribution in [2.75, 3.05) is 52.1 Å². The number of anilines is 1. The standard InChI is InChI=1S/C58H88BrN7O18/c1-13-32(6)46(40(80-11)27-43(69)66-25-17-20-38(66)51(81-12)33(7)53(74)61-34(8)47(70)36-18-15-14-16-19-36)64(9)55(76)44(30(2)3)63-54(75)45(31(4)5)65(10)58(79)82-29-35-21-22-39(37(26-35)62-41(67)23-24-60-42(68)28-59)83-57-50(73)48(71)49(72)52(84-57)56(77)78/h14-16,18-19,21-22,26,30-34,38,40,44-52,57,70-73H,13,17,20,23-25,27-29H2,1-12H3,(H,60,68)(H,61,74)(H,62,67)(H,63,75)(H,77,78)/t32?,33?,34?,38?,40?,44-,45?,46?,47?,48?,49-,50+,51?,52?,57?/m0/s1. The zero-order chi connectivity index (χ0) is 62.9.